The van der Waals surface area contributed by atoms with Crippen molar-refractivity contribution < 1.29 is 0 Å². The maximum absolute atomic E-state index is 6.19. The third-order valence-electron chi connectivity index (χ3n) is 6.90. The molecule has 0 radical (unpaired) electrons. The molecular weight excluding hydrogens is 242 g/mol. The second-order valence-electron chi connectivity index (χ2n) is 7.77. The zero-order valence-corrected chi connectivity index (χ0v) is 12.6. The fraction of sp³-hybridized carbons (Fsp3) is 0.684. The average Bonchev–Trinajstić information content (AvgIpc) is 2.87. The Morgan fingerprint density at radius 3 is 2.90 bits per heavy atom. The van der Waals surface area contributed by atoms with E-state index in [2.05, 4.69) is 31.2 Å². The van der Waals surface area contributed by atoms with Crippen molar-refractivity contribution >= 4 is 0 Å². The van der Waals surface area contributed by atoms with Crippen LogP contribution in [-0.4, -0.2) is 6.54 Å². The molecule has 0 spiro atoms. The van der Waals surface area contributed by atoms with Crippen LogP contribution in [-0.2, 0) is 6.42 Å². The highest BCUT2D eigenvalue weighted by Gasteiger charge is 2.52. The summed E-state index contributed by atoms with van der Waals surface area (Å²) in [5.74, 6) is 3.31. The number of rotatable bonds is 1. The van der Waals surface area contributed by atoms with Gasteiger partial charge in [0.15, 0.2) is 0 Å². The molecule has 4 rings (SSSR count). The van der Waals surface area contributed by atoms with E-state index in [4.69, 9.17) is 5.73 Å². The van der Waals surface area contributed by atoms with Gasteiger partial charge in [-0.1, -0.05) is 37.6 Å². The Bertz CT molecular complexity index is 508. The van der Waals surface area contributed by atoms with Gasteiger partial charge in [0.2, 0.25) is 0 Å². The third-order valence-corrected chi connectivity index (χ3v) is 6.90. The maximum atomic E-state index is 6.19. The van der Waals surface area contributed by atoms with Gasteiger partial charge < -0.3 is 5.73 Å². The Morgan fingerprint density at radius 2 is 2.05 bits per heavy atom. The van der Waals surface area contributed by atoms with Gasteiger partial charge in [-0.25, -0.2) is 0 Å². The quantitative estimate of drug-likeness (QED) is 0.815. The summed E-state index contributed by atoms with van der Waals surface area (Å²) < 4.78 is 0. The van der Waals surface area contributed by atoms with Crippen molar-refractivity contribution in [2.45, 2.75) is 51.4 Å². The van der Waals surface area contributed by atoms with Gasteiger partial charge in [0, 0.05) is 0 Å². The molecule has 1 aromatic carbocycles. The summed E-state index contributed by atoms with van der Waals surface area (Å²) in [6.07, 6.45) is 8.41. The molecule has 20 heavy (non-hydrogen) atoms. The van der Waals surface area contributed by atoms with Crippen LogP contribution in [0.5, 0.6) is 0 Å². The average molecular weight is 269 g/mol. The molecule has 2 fully saturated rings. The first-order valence-electron chi connectivity index (χ1n) is 8.51. The first-order valence-corrected chi connectivity index (χ1v) is 8.51. The Hall–Kier alpha value is -0.820. The second kappa shape index (κ2) is 4.59. The number of fused-ring (bicyclic) bond motifs is 5. The summed E-state index contributed by atoms with van der Waals surface area (Å²) >= 11 is 0. The van der Waals surface area contributed by atoms with Crippen molar-refractivity contribution in [3.63, 3.8) is 0 Å². The lowest BCUT2D eigenvalue weighted by atomic mass is 9.53. The van der Waals surface area contributed by atoms with E-state index in [-0.39, 0.29) is 0 Å². The van der Waals surface area contributed by atoms with Crippen LogP contribution in [0.15, 0.2) is 24.3 Å². The molecule has 0 amide bonds. The van der Waals surface area contributed by atoms with E-state index in [1.165, 1.54) is 38.5 Å². The number of hydrogen-bond donors (Lipinski definition) is 1. The molecular formula is C19H27N. The minimum absolute atomic E-state index is 0.626. The number of nitrogens with two attached hydrogens (primary N) is 1. The molecule has 2 N–H and O–H groups in total. The monoisotopic (exact) mass is 269 g/mol. The molecule has 0 unspecified atom stereocenters. The molecule has 5 atom stereocenters. The van der Waals surface area contributed by atoms with Crippen LogP contribution in [0.2, 0.25) is 0 Å². The summed E-state index contributed by atoms with van der Waals surface area (Å²) in [5, 5.41) is 0. The van der Waals surface area contributed by atoms with Crippen molar-refractivity contribution in [1.82, 2.24) is 0 Å². The summed E-state index contributed by atoms with van der Waals surface area (Å²) in [5.41, 5.74) is 10.1. The summed E-state index contributed by atoms with van der Waals surface area (Å²) in [7, 11) is 0. The smallest absolute Gasteiger partial charge is 0.00427 e. The lowest BCUT2D eigenvalue weighted by Gasteiger charge is -2.52. The van der Waals surface area contributed by atoms with E-state index < -0.39 is 0 Å². The minimum atomic E-state index is 0.626. The van der Waals surface area contributed by atoms with Crippen molar-refractivity contribution in [2.75, 3.05) is 6.54 Å². The third kappa shape index (κ3) is 1.72. The molecule has 3 aliphatic rings. The van der Waals surface area contributed by atoms with E-state index in [0.717, 1.165) is 30.2 Å². The molecule has 2 saturated carbocycles. The molecule has 0 heterocycles. The summed E-state index contributed by atoms with van der Waals surface area (Å²) in [6.45, 7) is 3.44. The lowest BCUT2D eigenvalue weighted by Crippen LogP contribution is -2.46. The molecule has 0 bridgehead atoms. The summed E-state index contributed by atoms with van der Waals surface area (Å²) in [4.78, 5) is 0. The first-order chi connectivity index (χ1) is 9.73. The molecule has 1 nitrogen and oxygen atoms in total. The fourth-order valence-electron chi connectivity index (χ4n) is 5.95. The van der Waals surface area contributed by atoms with Crippen LogP contribution in [0.25, 0.3) is 0 Å². The Balaban J connectivity index is 1.77. The fourth-order valence-corrected chi connectivity index (χ4v) is 5.95. The maximum Gasteiger partial charge on any atom is -0.00427 e. The van der Waals surface area contributed by atoms with E-state index in [1.807, 2.05) is 0 Å². The molecule has 108 valence electrons. The van der Waals surface area contributed by atoms with Crippen molar-refractivity contribution in [2.24, 2.45) is 28.9 Å². The van der Waals surface area contributed by atoms with Gasteiger partial charge in [0.05, 0.1) is 0 Å². The van der Waals surface area contributed by atoms with Crippen molar-refractivity contribution in [3.05, 3.63) is 35.4 Å². The Morgan fingerprint density at radius 1 is 1.20 bits per heavy atom. The van der Waals surface area contributed by atoms with Crippen molar-refractivity contribution in [1.29, 1.82) is 0 Å². The number of hydrogen-bond acceptors (Lipinski definition) is 1. The zero-order valence-electron chi connectivity index (χ0n) is 12.6. The highest BCUT2D eigenvalue weighted by Crippen LogP contribution is 2.61. The van der Waals surface area contributed by atoms with E-state index in [0.29, 0.717) is 5.41 Å². The van der Waals surface area contributed by atoms with Crippen LogP contribution in [0.3, 0.4) is 0 Å². The topological polar surface area (TPSA) is 26.0 Å². The second-order valence-corrected chi connectivity index (χ2v) is 7.77. The van der Waals surface area contributed by atoms with Crippen LogP contribution >= 0.6 is 0 Å². The Kier molecular flexibility index (Phi) is 2.96. The van der Waals surface area contributed by atoms with Crippen molar-refractivity contribution in [3.8, 4) is 0 Å². The van der Waals surface area contributed by atoms with E-state index in [1.54, 1.807) is 11.1 Å². The Labute approximate surface area is 122 Å². The van der Waals surface area contributed by atoms with Gasteiger partial charge >= 0.3 is 0 Å². The predicted octanol–water partition coefficient (Wildman–Crippen LogP) is 4.12. The number of benzene rings is 1. The highest BCUT2D eigenvalue weighted by atomic mass is 14.6. The van der Waals surface area contributed by atoms with Gasteiger partial charge in [-0.3, -0.25) is 0 Å². The molecule has 0 aliphatic heterocycles. The van der Waals surface area contributed by atoms with Crippen LogP contribution in [0, 0.1) is 23.2 Å². The van der Waals surface area contributed by atoms with Crippen LogP contribution in [0.1, 0.15) is 56.1 Å². The summed E-state index contributed by atoms with van der Waals surface area (Å²) in [6, 6.07) is 9.18. The van der Waals surface area contributed by atoms with Gasteiger partial charge in [0.25, 0.3) is 0 Å². The molecule has 1 heteroatoms. The standard InChI is InChI=1S/C19H27N/c1-19-9-4-7-17(19)18-14(12-20)11-13-5-2-3-6-15(13)16(18)8-10-19/h2-3,5-6,14,16-18H,4,7-12,20H2,1H3/t14-,16+,17-,18+,19-/m0/s1. The van der Waals surface area contributed by atoms with E-state index in [9.17, 15) is 0 Å². The van der Waals surface area contributed by atoms with Gasteiger partial charge in [-0.15, -0.1) is 0 Å². The normalized spacial score (nSPS) is 42.7. The minimum Gasteiger partial charge on any atom is -0.330 e. The largest absolute Gasteiger partial charge is 0.330 e. The van der Waals surface area contributed by atoms with Crippen LogP contribution in [0.4, 0.5) is 0 Å². The predicted molar refractivity (Wildman–Crippen MR) is 83.6 cm³/mol. The van der Waals surface area contributed by atoms with Crippen LogP contribution < -0.4 is 5.73 Å². The van der Waals surface area contributed by atoms with Gasteiger partial charge in [-0.05, 0) is 78.9 Å². The molecule has 0 aromatic heterocycles. The van der Waals surface area contributed by atoms with Gasteiger partial charge in [-0.2, -0.15) is 0 Å². The lowest BCUT2D eigenvalue weighted by molar-refractivity contribution is 0.0286. The molecule has 1 aromatic rings. The molecule has 3 aliphatic carbocycles. The SMILES string of the molecule is C[C@@]12CCC[C@H]1[C@@H]1[C@H](CN)Cc3ccccc3[C@H]1CC2. The van der Waals surface area contributed by atoms with E-state index >= 15 is 0 Å². The van der Waals surface area contributed by atoms with Gasteiger partial charge in [0.1, 0.15) is 0 Å². The molecule has 0 saturated heterocycles. The first kappa shape index (κ1) is 12.9. The zero-order chi connectivity index (χ0) is 13.7. The highest BCUT2D eigenvalue weighted by molar-refractivity contribution is 5.35.